The lowest BCUT2D eigenvalue weighted by Gasteiger charge is -2.37. The molecule has 100 valence electrons. The minimum atomic E-state index is -0.870. The Hall–Kier alpha value is -1.51. The highest BCUT2D eigenvalue weighted by Gasteiger charge is 2.24. The number of carbonyl (C=O) groups is 1. The number of nitrogens with zero attached hydrogens (tertiary/aromatic N) is 1. The number of hydrogen-bond acceptors (Lipinski definition) is 2. The number of rotatable bonds is 3. The molecule has 0 saturated heterocycles. The van der Waals surface area contributed by atoms with E-state index in [9.17, 15) is 4.79 Å². The Bertz CT molecular complexity index is 446. The highest BCUT2D eigenvalue weighted by molar-refractivity contribution is 5.89. The predicted octanol–water partition coefficient (Wildman–Crippen LogP) is 3.56. The van der Waals surface area contributed by atoms with E-state index in [2.05, 4.69) is 32.6 Å². The van der Waals surface area contributed by atoms with Gasteiger partial charge in [-0.05, 0) is 43.0 Å². The standard InChI is InChI=1S/C15H23NO2/c1-10-9-12(7-8-13(10)14(17)18)16(6)11(2)15(3,4)5/h7-9,11H,1-6H3,(H,17,18). The van der Waals surface area contributed by atoms with Gasteiger partial charge in [0.25, 0.3) is 0 Å². The molecule has 1 aromatic rings. The second-order valence-corrected chi connectivity index (χ2v) is 5.96. The Labute approximate surface area is 109 Å². The highest BCUT2D eigenvalue weighted by Crippen LogP contribution is 2.28. The third-order valence-corrected chi connectivity index (χ3v) is 3.68. The summed E-state index contributed by atoms with van der Waals surface area (Å²) in [4.78, 5) is 13.2. The molecule has 0 aliphatic heterocycles. The summed E-state index contributed by atoms with van der Waals surface area (Å²) in [5, 5.41) is 9.02. The fourth-order valence-corrected chi connectivity index (χ4v) is 1.91. The molecule has 1 unspecified atom stereocenters. The van der Waals surface area contributed by atoms with Crippen LogP contribution >= 0.6 is 0 Å². The fourth-order valence-electron chi connectivity index (χ4n) is 1.91. The third-order valence-electron chi connectivity index (χ3n) is 3.68. The molecule has 0 aliphatic carbocycles. The van der Waals surface area contributed by atoms with Crippen molar-refractivity contribution in [2.45, 2.75) is 40.7 Å². The smallest absolute Gasteiger partial charge is 0.335 e. The molecule has 0 aliphatic rings. The van der Waals surface area contributed by atoms with Crippen LogP contribution < -0.4 is 4.90 Å². The van der Waals surface area contributed by atoms with Crippen molar-refractivity contribution in [3.05, 3.63) is 29.3 Å². The van der Waals surface area contributed by atoms with E-state index in [1.807, 2.05) is 26.1 Å². The monoisotopic (exact) mass is 249 g/mol. The quantitative estimate of drug-likeness (QED) is 0.890. The van der Waals surface area contributed by atoms with Gasteiger partial charge in [-0.25, -0.2) is 4.79 Å². The molecule has 1 atom stereocenters. The van der Waals surface area contributed by atoms with Crippen molar-refractivity contribution in [2.24, 2.45) is 5.41 Å². The molecule has 1 aromatic carbocycles. The van der Waals surface area contributed by atoms with Crippen LogP contribution in [0.15, 0.2) is 18.2 Å². The van der Waals surface area contributed by atoms with E-state index in [-0.39, 0.29) is 5.41 Å². The van der Waals surface area contributed by atoms with Crippen LogP contribution in [0.25, 0.3) is 0 Å². The van der Waals surface area contributed by atoms with Gasteiger partial charge in [-0.3, -0.25) is 0 Å². The van der Waals surface area contributed by atoms with Gasteiger partial charge in [-0.15, -0.1) is 0 Å². The Morgan fingerprint density at radius 2 is 1.89 bits per heavy atom. The van der Waals surface area contributed by atoms with Crippen LogP contribution in [-0.4, -0.2) is 24.2 Å². The van der Waals surface area contributed by atoms with Crippen molar-refractivity contribution in [2.75, 3.05) is 11.9 Å². The molecule has 0 saturated carbocycles. The largest absolute Gasteiger partial charge is 0.478 e. The van der Waals surface area contributed by atoms with Crippen molar-refractivity contribution in [3.63, 3.8) is 0 Å². The zero-order valence-electron chi connectivity index (χ0n) is 12.1. The molecule has 0 radical (unpaired) electrons. The first-order valence-corrected chi connectivity index (χ1v) is 6.21. The Balaban J connectivity index is 3.05. The molecule has 0 spiro atoms. The van der Waals surface area contributed by atoms with Crippen molar-refractivity contribution < 1.29 is 9.90 Å². The van der Waals surface area contributed by atoms with Crippen molar-refractivity contribution in [3.8, 4) is 0 Å². The molecule has 1 rings (SSSR count). The van der Waals surface area contributed by atoms with Crippen LogP contribution in [0.1, 0.15) is 43.6 Å². The molecule has 18 heavy (non-hydrogen) atoms. The molecule has 0 aromatic heterocycles. The second kappa shape index (κ2) is 5.01. The van der Waals surface area contributed by atoms with Gasteiger partial charge in [0.05, 0.1) is 5.56 Å². The Morgan fingerprint density at radius 3 is 2.28 bits per heavy atom. The van der Waals surface area contributed by atoms with Gasteiger partial charge >= 0.3 is 5.97 Å². The van der Waals surface area contributed by atoms with Crippen LogP contribution in [0.3, 0.4) is 0 Å². The fraction of sp³-hybridized carbons (Fsp3) is 0.533. The number of anilines is 1. The maximum absolute atomic E-state index is 11.0. The zero-order chi connectivity index (χ0) is 14.1. The number of benzene rings is 1. The number of aromatic carboxylic acids is 1. The van der Waals surface area contributed by atoms with E-state index < -0.39 is 5.97 Å². The Morgan fingerprint density at radius 1 is 1.33 bits per heavy atom. The van der Waals surface area contributed by atoms with E-state index in [4.69, 9.17) is 5.11 Å². The van der Waals surface area contributed by atoms with Crippen LogP contribution in [0.5, 0.6) is 0 Å². The molecule has 1 N–H and O–H groups in total. The number of carboxylic acids is 1. The van der Waals surface area contributed by atoms with Crippen molar-refractivity contribution in [1.29, 1.82) is 0 Å². The summed E-state index contributed by atoms with van der Waals surface area (Å²) in [6, 6.07) is 5.86. The summed E-state index contributed by atoms with van der Waals surface area (Å²) in [5.74, 6) is -0.870. The van der Waals surface area contributed by atoms with E-state index in [0.717, 1.165) is 11.3 Å². The first kappa shape index (κ1) is 14.6. The number of carboxylic acid groups (broad SMARTS) is 1. The molecule has 0 bridgehead atoms. The maximum atomic E-state index is 11.0. The van der Waals surface area contributed by atoms with Gasteiger partial charge in [0, 0.05) is 18.8 Å². The van der Waals surface area contributed by atoms with Crippen LogP contribution in [0, 0.1) is 12.3 Å². The first-order valence-electron chi connectivity index (χ1n) is 6.21. The lowest BCUT2D eigenvalue weighted by Crippen LogP contribution is -2.39. The molecule has 0 fully saturated rings. The number of hydrogen-bond donors (Lipinski definition) is 1. The summed E-state index contributed by atoms with van der Waals surface area (Å²) in [7, 11) is 2.05. The van der Waals surface area contributed by atoms with Gasteiger partial charge in [0.1, 0.15) is 0 Å². The molecule has 3 heteroatoms. The van der Waals surface area contributed by atoms with Gasteiger partial charge in [-0.2, -0.15) is 0 Å². The summed E-state index contributed by atoms with van der Waals surface area (Å²) in [6.07, 6.45) is 0. The molecular formula is C15H23NO2. The average molecular weight is 249 g/mol. The van der Waals surface area contributed by atoms with Gasteiger partial charge in [0.15, 0.2) is 0 Å². The van der Waals surface area contributed by atoms with Gasteiger partial charge < -0.3 is 10.0 Å². The van der Waals surface area contributed by atoms with Crippen LogP contribution in [0.2, 0.25) is 0 Å². The lowest BCUT2D eigenvalue weighted by molar-refractivity contribution is 0.0696. The minimum Gasteiger partial charge on any atom is -0.478 e. The van der Waals surface area contributed by atoms with E-state index >= 15 is 0 Å². The second-order valence-electron chi connectivity index (χ2n) is 5.96. The first-order chi connectivity index (χ1) is 8.14. The van der Waals surface area contributed by atoms with E-state index in [1.54, 1.807) is 6.07 Å². The molecule has 0 heterocycles. The highest BCUT2D eigenvalue weighted by atomic mass is 16.4. The topological polar surface area (TPSA) is 40.5 Å². The van der Waals surface area contributed by atoms with Crippen molar-refractivity contribution >= 4 is 11.7 Å². The van der Waals surface area contributed by atoms with Gasteiger partial charge in [0.2, 0.25) is 0 Å². The maximum Gasteiger partial charge on any atom is 0.335 e. The average Bonchev–Trinajstić information content (AvgIpc) is 2.25. The third kappa shape index (κ3) is 3.03. The Kier molecular flexibility index (Phi) is 4.05. The zero-order valence-corrected chi connectivity index (χ0v) is 12.1. The van der Waals surface area contributed by atoms with E-state index in [0.29, 0.717) is 11.6 Å². The van der Waals surface area contributed by atoms with Crippen molar-refractivity contribution in [1.82, 2.24) is 0 Å². The molecule has 0 amide bonds. The summed E-state index contributed by atoms with van der Waals surface area (Å²) in [5.41, 5.74) is 2.40. The SMILES string of the molecule is Cc1cc(N(C)C(C)C(C)(C)C)ccc1C(=O)O. The molecule has 3 nitrogen and oxygen atoms in total. The number of aryl methyl sites for hydroxylation is 1. The van der Waals surface area contributed by atoms with E-state index in [1.165, 1.54) is 0 Å². The normalized spacial score (nSPS) is 13.2. The predicted molar refractivity (Wildman–Crippen MR) is 75.5 cm³/mol. The summed E-state index contributed by atoms with van der Waals surface area (Å²) in [6.45, 7) is 10.6. The van der Waals surface area contributed by atoms with Gasteiger partial charge in [-0.1, -0.05) is 20.8 Å². The van der Waals surface area contributed by atoms with Crippen LogP contribution in [0.4, 0.5) is 5.69 Å². The summed E-state index contributed by atoms with van der Waals surface area (Å²) < 4.78 is 0. The summed E-state index contributed by atoms with van der Waals surface area (Å²) >= 11 is 0. The lowest BCUT2D eigenvalue weighted by atomic mass is 9.87. The minimum absolute atomic E-state index is 0.175. The van der Waals surface area contributed by atoms with Crippen LogP contribution in [-0.2, 0) is 0 Å². The molecular weight excluding hydrogens is 226 g/mol.